The van der Waals surface area contributed by atoms with Gasteiger partial charge in [0.1, 0.15) is 0 Å². The lowest BCUT2D eigenvalue weighted by molar-refractivity contribution is -0.131. The van der Waals surface area contributed by atoms with Crippen LogP contribution < -0.4 is 0 Å². The lowest BCUT2D eigenvalue weighted by Gasteiger charge is -2.36. The van der Waals surface area contributed by atoms with Gasteiger partial charge < -0.3 is 19.3 Å². The molecular weight excluding hydrogens is 308 g/mol. The van der Waals surface area contributed by atoms with Gasteiger partial charge >= 0.3 is 0 Å². The van der Waals surface area contributed by atoms with Crippen LogP contribution in [0.3, 0.4) is 0 Å². The van der Waals surface area contributed by atoms with Crippen LogP contribution in [-0.4, -0.2) is 81.9 Å². The molecule has 0 bridgehead atoms. The van der Waals surface area contributed by atoms with Gasteiger partial charge in [-0.3, -0.25) is 9.69 Å². The third-order valence-corrected chi connectivity index (χ3v) is 5.07. The first-order chi connectivity index (χ1) is 11.7. The van der Waals surface area contributed by atoms with Crippen molar-refractivity contribution in [3.63, 3.8) is 0 Å². The van der Waals surface area contributed by atoms with E-state index in [1.807, 2.05) is 15.7 Å². The van der Waals surface area contributed by atoms with Crippen LogP contribution in [0.15, 0.2) is 18.7 Å². The predicted molar refractivity (Wildman–Crippen MR) is 89.5 cm³/mol. The van der Waals surface area contributed by atoms with E-state index in [-0.39, 0.29) is 18.1 Å². The van der Waals surface area contributed by atoms with Crippen LogP contribution in [0.2, 0.25) is 0 Å². The monoisotopic (exact) mass is 336 g/mol. The summed E-state index contributed by atoms with van der Waals surface area (Å²) in [6.07, 6.45) is 7.97. The Balaban J connectivity index is 1.45. The average Bonchev–Trinajstić information content (AvgIpc) is 3.04. The minimum Gasteiger partial charge on any atom is -0.391 e. The van der Waals surface area contributed by atoms with Crippen molar-refractivity contribution in [2.75, 3.05) is 39.4 Å². The molecule has 2 fully saturated rings. The SMILES string of the molecule is O=C(CCCn1ccnc1)N1CC[C@H](O)[C@@H](N2CCOCC2)CC1. The maximum atomic E-state index is 12.5. The highest BCUT2D eigenvalue weighted by atomic mass is 16.5. The van der Waals surface area contributed by atoms with Crippen LogP contribution in [0.25, 0.3) is 0 Å². The van der Waals surface area contributed by atoms with Gasteiger partial charge in [-0.15, -0.1) is 0 Å². The first-order valence-corrected chi connectivity index (χ1v) is 8.97. The summed E-state index contributed by atoms with van der Waals surface area (Å²) in [5.41, 5.74) is 0. The molecule has 7 heteroatoms. The van der Waals surface area contributed by atoms with Gasteiger partial charge in [0.25, 0.3) is 0 Å². The fraction of sp³-hybridized carbons (Fsp3) is 0.765. The normalized spacial score (nSPS) is 26.3. The van der Waals surface area contributed by atoms with Gasteiger partial charge in [0, 0.05) is 57.6 Å². The topological polar surface area (TPSA) is 70.8 Å². The zero-order chi connectivity index (χ0) is 16.8. The average molecular weight is 336 g/mol. The Bertz CT molecular complexity index is 502. The summed E-state index contributed by atoms with van der Waals surface area (Å²) in [5, 5.41) is 10.5. The smallest absolute Gasteiger partial charge is 0.222 e. The number of ether oxygens (including phenoxy) is 1. The minimum atomic E-state index is -0.355. The summed E-state index contributed by atoms with van der Waals surface area (Å²) in [4.78, 5) is 20.7. The van der Waals surface area contributed by atoms with E-state index in [2.05, 4.69) is 9.88 Å². The van der Waals surface area contributed by atoms with E-state index in [9.17, 15) is 9.90 Å². The molecule has 7 nitrogen and oxygen atoms in total. The van der Waals surface area contributed by atoms with E-state index in [0.29, 0.717) is 19.4 Å². The molecule has 3 rings (SSSR count). The Kier molecular flexibility index (Phi) is 6.23. The maximum Gasteiger partial charge on any atom is 0.222 e. The Morgan fingerprint density at radius 3 is 2.75 bits per heavy atom. The second-order valence-electron chi connectivity index (χ2n) is 6.65. The van der Waals surface area contributed by atoms with Gasteiger partial charge in [-0.05, 0) is 19.3 Å². The highest BCUT2D eigenvalue weighted by molar-refractivity contribution is 5.76. The molecule has 2 aliphatic heterocycles. The number of rotatable bonds is 5. The molecule has 1 amide bonds. The molecule has 0 aliphatic carbocycles. The first-order valence-electron chi connectivity index (χ1n) is 8.97. The highest BCUT2D eigenvalue weighted by Crippen LogP contribution is 2.19. The summed E-state index contributed by atoms with van der Waals surface area (Å²) >= 11 is 0. The van der Waals surface area contributed by atoms with Crippen molar-refractivity contribution in [1.29, 1.82) is 0 Å². The molecule has 0 aromatic carbocycles. The second kappa shape index (κ2) is 8.60. The molecule has 2 saturated heterocycles. The third-order valence-electron chi connectivity index (χ3n) is 5.07. The molecular formula is C17H28N4O3. The summed E-state index contributed by atoms with van der Waals surface area (Å²) in [5.74, 6) is 0.199. The molecule has 1 N–H and O–H groups in total. The fourth-order valence-corrected chi connectivity index (χ4v) is 3.65. The lowest BCUT2D eigenvalue weighted by atomic mass is 10.0. The van der Waals surface area contributed by atoms with Crippen LogP contribution in [0.4, 0.5) is 0 Å². The Morgan fingerprint density at radius 1 is 1.21 bits per heavy atom. The number of nitrogens with zero attached hydrogens (tertiary/aromatic N) is 4. The summed E-state index contributed by atoms with van der Waals surface area (Å²) in [7, 11) is 0. The van der Waals surface area contributed by atoms with Crippen LogP contribution in [0.5, 0.6) is 0 Å². The summed E-state index contributed by atoms with van der Waals surface area (Å²) in [6.45, 7) is 5.44. The van der Waals surface area contributed by atoms with Gasteiger partial charge in [0.15, 0.2) is 0 Å². The van der Waals surface area contributed by atoms with E-state index in [1.165, 1.54) is 0 Å². The summed E-state index contributed by atoms with van der Waals surface area (Å²) in [6, 6.07) is 0.151. The van der Waals surface area contributed by atoms with Crippen molar-refractivity contribution in [2.45, 2.75) is 44.4 Å². The molecule has 1 aromatic heterocycles. The van der Waals surface area contributed by atoms with Crippen molar-refractivity contribution < 1.29 is 14.6 Å². The van der Waals surface area contributed by atoms with Gasteiger partial charge in [0.05, 0.1) is 25.6 Å². The first kappa shape index (κ1) is 17.4. The predicted octanol–water partition coefficient (Wildman–Crippen LogP) is 0.347. The number of likely N-dealkylation sites (tertiary alicyclic amines) is 1. The highest BCUT2D eigenvalue weighted by Gasteiger charge is 2.31. The number of hydrogen-bond donors (Lipinski definition) is 1. The second-order valence-corrected chi connectivity index (χ2v) is 6.65. The van der Waals surface area contributed by atoms with Gasteiger partial charge in [-0.25, -0.2) is 4.98 Å². The lowest BCUT2D eigenvalue weighted by Crippen LogP contribution is -2.49. The largest absolute Gasteiger partial charge is 0.391 e. The molecule has 3 heterocycles. The number of carbonyl (C=O) groups is 1. The summed E-state index contributed by atoms with van der Waals surface area (Å²) < 4.78 is 7.39. The fourth-order valence-electron chi connectivity index (χ4n) is 3.65. The van der Waals surface area contributed by atoms with E-state index in [1.54, 1.807) is 12.5 Å². The molecule has 0 radical (unpaired) electrons. The molecule has 0 spiro atoms. The number of carbonyl (C=O) groups excluding carboxylic acids is 1. The van der Waals surface area contributed by atoms with Gasteiger partial charge in [0.2, 0.25) is 5.91 Å². The molecule has 0 unspecified atom stereocenters. The maximum absolute atomic E-state index is 12.5. The van der Waals surface area contributed by atoms with E-state index < -0.39 is 0 Å². The Hall–Kier alpha value is -1.44. The third kappa shape index (κ3) is 4.55. The molecule has 24 heavy (non-hydrogen) atoms. The van der Waals surface area contributed by atoms with E-state index >= 15 is 0 Å². The molecule has 2 atom stereocenters. The number of imidazole rings is 1. The minimum absolute atomic E-state index is 0.151. The van der Waals surface area contributed by atoms with E-state index in [0.717, 1.165) is 52.2 Å². The molecule has 1 aromatic rings. The zero-order valence-corrected chi connectivity index (χ0v) is 14.2. The van der Waals surface area contributed by atoms with Crippen molar-refractivity contribution >= 4 is 5.91 Å². The van der Waals surface area contributed by atoms with Crippen molar-refractivity contribution in [1.82, 2.24) is 19.4 Å². The number of morpholine rings is 1. The number of hydrogen-bond acceptors (Lipinski definition) is 5. The molecule has 0 saturated carbocycles. The number of aliphatic hydroxyl groups is 1. The number of aromatic nitrogens is 2. The zero-order valence-electron chi connectivity index (χ0n) is 14.2. The number of aliphatic hydroxyl groups excluding tert-OH is 1. The number of aryl methyl sites for hydroxylation is 1. The Labute approximate surface area is 143 Å². The molecule has 2 aliphatic rings. The van der Waals surface area contributed by atoms with Gasteiger partial charge in [-0.2, -0.15) is 0 Å². The standard InChI is InChI=1S/C17H28N4O3/c22-16-4-8-21(7-3-15(16)20-10-12-24-13-11-20)17(23)2-1-6-19-9-5-18-14-19/h5,9,14-16,22H,1-4,6-8,10-13H2/t15-,16-/m0/s1. The van der Waals surface area contributed by atoms with E-state index in [4.69, 9.17) is 4.74 Å². The van der Waals surface area contributed by atoms with Crippen molar-refractivity contribution in [2.24, 2.45) is 0 Å². The quantitative estimate of drug-likeness (QED) is 0.840. The molecule has 134 valence electrons. The number of amides is 1. The van der Waals surface area contributed by atoms with Gasteiger partial charge in [-0.1, -0.05) is 0 Å². The van der Waals surface area contributed by atoms with Crippen LogP contribution in [-0.2, 0) is 16.1 Å². The van der Waals surface area contributed by atoms with Crippen molar-refractivity contribution in [3.05, 3.63) is 18.7 Å². The van der Waals surface area contributed by atoms with Crippen LogP contribution >= 0.6 is 0 Å². The van der Waals surface area contributed by atoms with Crippen LogP contribution in [0, 0.1) is 0 Å². The Morgan fingerprint density at radius 2 is 2.00 bits per heavy atom. The van der Waals surface area contributed by atoms with Crippen LogP contribution in [0.1, 0.15) is 25.7 Å². The van der Waals surface area contributed by atoms with Crippen molar-refractivity contribution in [3.8, 4) is 0 Å².